The van der Waals surface area contributed by atoms with Crippen LogP contribution in [-0.4, -0.2) is 16.2 Å². The van der Waals surface area contributed by atoms with Crippen LogP contribution in [0, 0.1) is 0 Å². The van der Waals surface area contributed by atoms with Gasteiger partial charge in [-0.2, -0.15) is 0 Å². The van der Waals surface area contributed by atoms with Crippen LogP contribution in [0.3, 0.4) is 0 Å². The first-order chi connectivity index (χ1) is 30.2. The van der Waals surface area contributed by atoms with Crippen LogP contribution >= 0.6 is 0 Å². The Morgan fingerprint density at radius 2 is 1.13 bits per heavy atom. The maximum absolute atomic E-state index is 6.49. The van der Waals surface area contributed by atoms with Crippen LogP contribution in [0.2, 0.25) is 0 Å². The van der Waals surface area contributed by atoms with E-state index in [4.69, 9.17) is 18.8 Å². The molecule has 6 heteroatoms. The van der Waals surface area contributed by atoms with Gasteiger partial charge in [-0.3, -0.25) is 0 Å². The van der Waals surface area contributed by atoms with Gasteiger partial charge in [-0.25, -0.2) is 9.98 Å². The summed E-state index contributed by atoms with van der Waals surface area (Å²) < 4.78 is 15.1. The minimum Gasteiger partial charge on any atom is -0.456 e. The van der Waals surface area contributed by atoms with Gasteiger partial charge < -0.3 is 18.7 Å². The van der Waals surface area contributed by atoms with Crippen LogP contribution < -0.4 is 5.32 Å². The van der Waals surface area contributed by atoms with E-state index in [1.165, 1.54) is 21.5 Å². The molecule has 12 aromatic rings. The van der Waals surface area contributed by atoms with E-state index in [1.54, 1.807) is 0 Å². The van der Waals surface area contributed by atoms with Crippen molar-refractivity contribution in [2.45, 2.75) is 6.17 Å². The highest BCUT2D eigenvalue weighted by atomic mass is 16.3. The quantitative estimate of drug-likeness (QED) is 0.189. The molecule has 1 aliphatic heterocycles. The lowest BCUT2D eigenvalue weighted by molar-refractivity contribution is 0.668. The zero-order chi connectivity index (χ0) is 40.0. The molecule has 9 aromatic carbocycles. The number of para-hydroxylation sites is 3. The van der Waals surface area contributed by atoms with Crippen LogP contribution in [0.4, 0.5) is 0 Å². The standard InChI is InChI=1S/C55H34N4O2/c1-2-13-33(14-3-1)53-56-54(36-25-28-50-45(30-36)39-18-7-10-22-48(39)60-50)58-55(57-53)41-27-26-37(32-43(41)40-20-12-24-51-52(40)42-19-8-11-23-49(42)61-51)59-46-21-9-6-17-38(46)44-29-34-15-4-5-16-35(34)31-47(44)59/h1-32,53H,(H,56,57,58). The van der Waals surface area contributed by atoms with E-state index >= 15 is 0 Å². The second-order valence-corrected chi connectivity index (χ2v) is 15.8. The summed E-state index contributed by atoms with van der Waals surface area (Å²) in [7, 11) is 0. The van der Waals surface area contributed by atoms with Gasteiger partial charge in [-0.05, 0) is 100 Å². The zero-order valence-corrected chi connectivity index (χ0v) is 32.7. The van der Waals surface area contributed by atoms with E-state index in [0.717, 1.165) is 94.3 Å². The fourth-order valence-corrected chi connectivity index (χ4v) is 9.42. The van der Waals surface area contributed by atoms with Crippen LogP contribution in [0.1, 0.15) is 22.9 Å². The first kappa shape index (κ1) is 33.7. The maximum Gasteiger partial charge on any atom is 0.160 e. The summed E-state index contributed by atoms with van der Waals surface area (Å²) in [4.78, 5) is 10.8. The van der Waals surface area contributed by atoms with Gasteiger partial charge in [0.15, 0.2) is 5.84 Å². The molecule has 0 bridgehead atoms. The summed E-state index contributed by atoms with van der Waals surface area (Å²) in [5.41, 5.74) is 11.7. The number of benzene rings is 9. The second kappa shape index (κ2) is 13.1. The highest BCUT2D eigenvalue weighted by Gasteiger charge is 2.26. The molecule has 0 saturated carbocycles. The van der Waals surface area contributed by atoms with Gasteiger partial charge in [0.25, 0.3) is 0 Å². The Morgan fingerprint density at radius 1 is 0.443 bits per heavy atom. The zero-order valence-electron chi connectivity index (χ0n) is 32.7. The lowest BCUT2D eigenvalue weighted by Gasteiger charge is -2.25. The van der Waals surface area contributed by atoms with Crippen molar-refractivity contribution in [2.24, 2.45) is 9.98 Å². The van der Waals surface area contributed by atoms with Gasteiger partial charge in [0.1, 0.15) is 34.3 Å². The number of aromatic nitrogens is 1. The highest BCUT2D eigenvalue weighted by molar-refractivity contribution is 6.20. The second-order valence-electron chi connectivity index (χ2n) is 15.8. The Kier molecular flexibility index (Phi) is 7.27. The first-order valence-electron chi connectivity index (χ1n) is 20.6. The molecule has 1 N–H and O–H groups in total. The highest BCUT2D eigenvalue weighted by Crippen LogP contribution is 2.42. The Labute approximate surface area is 349 Å². The van der Waals surface area contributed by atoms with Gasteiger partial charge in [0, 0.05) is 49.1 Å². The van der Waals surface area contributed by atoms with E-state index in [9.17, 15) is 0 Å². The molecular weight excluding hydrogens is 749 g/mol. The third-order valence-electron chi connectivity index (χ3n) is 12.2. The summed E-state index contributed by atoms with van der Waals surface area (Å²) >= 11 is 0. The van der Waals surface area contributed by atoms with Gasteiger partial charge in [0.2, 0.25) is 0 Å². The van der Waals surface area contributed by atoms with E-state index in [-0.39, 0.29) is 6.17 Å². The predicted octanol–water partition coefficient (Wildman–Crippen LogP) is 13.9. The maximum atomic E-state index is 6.49. The average molecular weight is 783 g/mol. The Balaban J connectivity index is 1.08. The normalized spacial score (nSPS) is 14.4. The number of hydrogen-bond donors (Lipinski definition) is 1. The first-order valence-corrected chi connectivity index (χ1v) is 20.6. The molecule has 0 saturated heterocycles. The van der Waals surface area contributed by atoms with Crippen LogP contribution in [-0.2, 0) is 0 Å². The smallest absolute Gasteiger partial charge is 0.160 e. The number of nitrogens with one attached hydrogen (secondary N) is 1. The molecule has 13 rings (SSSR count). The monoisotopic (exact) mass is 782 g/mol. The summed E-state index contributed by atoms with van der Waals surface area (Å²) in [5.74, 6) is 1.38. The summed E-state index contributed by atoms with van der Waals surface area (Å²) in [6, 6.07) is 68.1. The molecule has 286 valence electrons. The predicted molar refractivity (Wildman–Crippen MR) is 250 cm³/mol. The number of aliphatic imine (C=N–C) groups is 2. The largest absolute Gasteiger partial charge is 0.456 e. The number of nitrogens with zero attached hydrogens (tertiary/aromatic N) is 3. The molecule has 1 aliphatic rings. The van der Waals surface area contributed by atoms with E-state index in [2.05, 4.69) is 162 Å². The fraction of sp³-hybridized carbons (Fsp3) is 0.0182. The van der Waals surface area contributed by atoms with Gasteiger partial charge in [-0.15, -0.1) is 0 Å². The van der Waals surface area contributed by atoms with Crippen molar-refractivity contribution in [1.29, 1.82) is 0 Å². The molecule has 0 aliphatic carbocycles. The number of hydrogen-bond acceptors (Lipinski definition) is 5. The van der Waals surface area contributed by atoms with Crippen molar-refractivity contribution in [3.63, 3.8) is 0 Å². The molecule has 3 aromatic heterocycles. The molecule has 1 atom stereocenters. The van der Waals surface area contributed by atoms with Crippen LogP contribution in [0.15, 0.2) is 213 Å². The van der Waals surface area contributed by atoms with Gasteiger partial charge in [-0.1, -0.05) is 121 Å². The van der Waals surface area contributed by atoms with Crippen molar-refractivity contribution in [1.82, 2.24) is 9.88 Å². The summed E-state index contributed by atoms with van der Waals surface area (Å²) in [5, 5.41) is 12.8. The van der Waals surface area contributed by atoms with Crippen molar-refractivity contribution >= 4 is 88.1 Å². The van der Waals surface area contributed by atoms with E-state index in [1.807, 2.05) is 42.5 Å². The summed E-state index contributed by atoms with van der Waals surface area (Å²) in [6.45, 7) is 0. The number of amidine groups is 2. The van der Waals surface area contributed by atoms with E-state index < -0.39 is 0 Å². The molecule has 6 nitrogen and oxygen atoms in total. The molecule has 1 unspecified atom stereocenters. The Morgan fingerprint density at radius 3 is 2.00 bits per heavy atom. The molecule has 0 amide bonds. The Hall–Kier alpha value is -8.22. The molecule has 4 heterocycles. The molecule has 0 spiro atoms. The minimum atomic E-state index is -0.385. The van der Waals surface area contributed by atoms with Crippen molar-refractivity contribution in [3.8, 4) is 16.8 Å². The van der Waals surface area contributed by atoms with Crippen LogP contribution in [0.25, 0.3) is 93.3 Å². The number of furan rings is 2. The topological polar surface area (TPSA) is 68.0 Å². The number of fused-ring (bicyclic) bond motifs is 10. The van der Waals surface area contributed by atoms with Crippen molar-refractivity contribution in [2.75, 3.05) is 0 Å². The number of rotatable bonds is 5. The summed E-state index contributed by atoms with van der Waals surface area (Å²) in [6.07, 6.45) is -0.385. The minimum absolute atomic E-state index is 0.385. The fourth-order valence-electron chi connectivity index (χ4n) is 9.42. The molecule has 0 radical (unpaired) electrons. The third-order valence-corrected chi connectivity index (χ3v) is 12.2. The SMILES string of the molecule is c1ccc(C2N=C(c3ccc(-n4c5ccccc5c5cc6ccccc6cc54)cc3-c3cccc4oc5ccccc5c34)N=C(c3ccc4oc5ccccc5c4c3)N2)cc1. The third kappa shape index (κ3) is 5.29. The Bertz CT molecular complexity index is 3810. The lowest BCUT2D eigenvalue weighted by atomic mass is 9.93. The lowest BCUT2D eigenvalue weighted by Crippen LogP contribution is -2.33. The van der Waals surface area contributed by atoms with Crippen LogP contribution in [0.5, 0.6) is 0 Å². The molecule has 0 fully saturated rings. The van der Waals surface area contributed by atoms with Gasteiger partial charge in [0.05, 0.1) is 11.0 Å². The van der Waals surface area contributed by atoms with Crippen molar-refractivity contribution in [3.05, 3.63) is 211 Å². The molecular formula is C55H34N4O2. The average Bonchev–Trinajstić information content (AvgIpc) is 4.00. The van der Waals surface area contributed by atoms with E-state index in [0.29, 0.717) is 5.84 Å². The van der Waals surface area contributed by atoms with Crippen molar-refractivity contribution < 1.29 is 8.83 Å². The molecule has 61 heavy (non-hydrogen) atoms. The van der Waals surface area contributed by atoms with Gasteiger partial charge >= 0.3 is 0 Å².